The summed E-state index contributed by atoms with van der Waals surface area (Å²) in [5, 5.41) is 14.8. The van der Waals surface area contributed by atoms with Crippen LogP contribution in [-0.2, 0) is 0 Å². The molecule has 0 aliphatic heterocycles. The Bertz CT molecular complexity index is 995. The van der Waals surface area contributed by atoms with Gasteiger partial charge >= 0.3 is 0 Å². The van der Waals surface area contributed by atoms with E-state index in [1.165, 1.54) is 12.8 Å². The number of aromatic nitrogens is 6. The molecule has 3 heterocycles. The fraction of sp³-hybridized carbons (Fsp3) is 0.211. The van der Waals surface area contributed by atoms with Gasteiger partial charge < -0.3 is 4.42 Å². The molecule has 1 aliphatic rings. The molecule has 0 bridgehead atoms. The number of rotatable bonds is 6. The number of nitrogens with one attached hydrogen (secondary N) is 1. The third-order valence-electron chi connectivity index (χ3n) is 4.23. The van der Waals surface area contributed by atoms with Crippen molar-refractivity contribution in [1.82, 2.24) is 30.4 Å². The van der Waals surface area contributed by atoms with Gasteiger partial charge in [-0.3, -0.25) is 10.1 Å². The van der Waals surface area contributed by atoms with Gasteiger partial charge in [-0.15, -0.1) is 10.2 Å². The van der Waals surface area contributed by atoms with Crippen molar-refractivity contribution < 1.29 is 4.42 Å². The van der Waals surface area contributed by atoms with Gasteiger partial charge in [0.05, 0.1) is 17.6 Å². The van der Waals surface area contributed by atoms with Gasteiger partial charge in [-0.05, 0) is 37.5 Å². The molecule has 0 spiro atoms. The first kappa shape index (κ1) is 16.1. The third kappa shape index (κ3) is 3.23. The molecule has 0 radical (unpaired) electrons. The van der Waals surface area contributed by atoms with Crippen molar-refractivity contribution in [1.29, 1.82) is 0 Å². The van der Waals surface area contributed by atoms with Crippen LogP contribution >= 0.6 is 0 Å². The first-order chi connectivity index (χ1) is 12.6. The number of aromatic amines is 1. The number of H-pyrrole nitrogens is 1. The van der Waals surface area contributed by atoms with E-state index in [0.29, 0.717) is 23.4 Å². The average molecular weight is 346 g/mol. The minimum Gasteiger partial charge on any atom is -0.415 e. The maximum Gasteiger partial charge on any atom is 0.265 e. The molecule has 4 rings (SSSR count). The molecule has 0 aromatic carbocycles. The van der Waals surface area contributed by atoms with E-state index in [0.717, 1.165) is 28.1 Å². The van der Waals surface area contributed by atoms with Crippen molar-refractivity contribution in [3.63, 3.8) is 0 Å². The quantitative estimate of drug-likeness (QED) is 0.682. The Morgan fingerprint density at radius 2 is 2.12 bits per heavy atom. The second-order valence-corrected chi connectivity index (χ2v) is 6.32. The van der Waals surface area contributed by atoms with Crippen LogP contribution in [-0.4, -0.2) is 30.4 Å². The SMILES string of the molecule is C=C(/C=C(\C)c1nnc(-c2ccn[nH]2)o1)C(=C)c1cncc(C2CC2)n1. The van der Waals surface area contributed by atoms with E-state index in [1.54, 1.807) is 18.5 Å². The molecule has 1 aliphatic carbocycles. The van der Waals surface area contributed by atoms with E-state index in [2.05, 4.69) is 43.5 Å². The van der Waals surface area contributed by atoms with Gasteiger partial charge in [0.25, 0.3) is 5.89 Å². The Morgan fingerprint density at radius 1 is 1.27 bits per heavy atom. The highest BCUT2D eigenvalue weighted by Gasteiger charge is 2.25. The summed E-state index contributed by atoms with van der Waals surface area (Å²) in [6, 6.07) is 1.77. The van der Waals surface area contributed by atoms with Crippen molar-refractivity contribution in [3.05, 3.63) is 66.7 Å². The van der Waals surface area contributed by atoms with Gasteiger partial charge in [-0.1, -0.05) is 13.2 Å². The molecular weight excluding hydrogens is 328 g/mol. The van der Waals surface area contributed by atoms with Crippen LogP contribution < -0.4 is 0 Å². The Balaban J connectivity index is 1.52. The molecule has 0 unspecified atom stereocenters. The van der Waals surface area contributed by atoms with Crippen LogP contribution in [0.5, 0.6) is 0 Å². The topological polar surface area (TPSA) is 93.4 Å². The zero-order valence-corrected chi connectivity index (χ0v) is 14.4. The highest BCUT2D eigenvalue weighted by atomic mass is 16.4. The number of allylic oxidation sites excluding steroid dienone is 4. The standard InChI is InChI=1S/C19H18N6O/c1-11(13(3)16-9-20-10-17(22-16)14-4-5-14)8-12(2)18-24-25-19(26-18)15-6-7-21-23-15/h6-10,14H,1,3-5H2,2H3,(H,21,23)/b12-8+. The smallest absolute Gasteiger partial charge is 0.265 e. The zero-order valence-electron chi connectivity index (χ0n) is 14.4. The molecule has 3 aromatic heterocycles. The summed E-state index contributed by atoms with van der Waals surface area (Å²) >= 11 is 0. The van der Waals surface area contributed by atoms with Gasteiger partial charge in [0, 0.05) is 29.5 Å². The molecule has 7 nitrogen and oxygen atoms in total. The maximum absolute atomic E-state index is 5.67. The summed E-state index contributed by atoms with van der Waals surface area (Å²) in [6.45, 7) is 10.1. The largest absolute Gasteiger partial charge is 0.415 e. The van der Waals surface area contributed by atoms with Crippen LogP contribution in [0.15, 0.2) is 53.9 Å². The van der Waals surface area contributed by atoms with Gasteiger partial charge in [-0.25, -0.2) is 4.98 Å². The van der Waals surface area contributed by atoms with E-state index in [1.807, 2.05) is 19.2 Å². The van der Waals surface area contributed by atoms with Crippen LogP contribution in [0.1, 0.15) is 43.0 Å². The van der Waals surface area contributed by atoms with E-state index >= 15 is 0 Å². The molecule has 130 valence electrons. The second kappa shape index (κ2) is 6.51. The molecule has 0 amide bonds. The Kier molecular flexibility index (Phi) is 4.04. The molecule has 3 aromatic rings. The average Bonchev–Trinajstić information content (AvgIpc) is 3.15. The van der Waals surface area contributed by atoms with Crippen LogP contribution in [0.4, 0.5) is 0 Å². The minimum atomic E-state index is 0.387. The molecule has 26 heavy (non-hydrogen) atoms. The predicted molar refractivity (Wildman–Crippen MR) is 97.7 cm³/mol. The lowest BCUT2D eigenvalue weighted by atomic mass is 10.0. The fourth-order valence-electron chi connectivity index (χ4n) is 2.54. The van der Waals surface area contributed by atoms with Gasteiger partial charge in [0.1, 0.15) is 5.69 Å². The Morgan fingerprint density at radius 3 is 2.85 bits per heavy atom. The van der Waals surface area contributed by atoms with Crippen molar-refractivity contribution in [3.8, 4) is 11.6 Å². The lowest BCUT2D eigenvalue weighted by Crippen LogP contribution is -1.96. The van der Waals surface area contributed by atoms with Crippen molar-refractivity contribution in [2.45, 2.75) is 25.7 Å². The van der Waals surface area contributed by atoms with Crippen molar-refractivity contribution in [2.75, 3.05) is 0 Å². The molecule has 0 atom stereocenters. The molecule has 1 saturated carbocycles. The summed E-state index contributed by atoms with van der Waals surface area (Å²) < 4.78 is 5.67. The first-order valence-corrected chi connectivity index (χ1v) is 8.34. The highest BCUT2D eigenvalue weighted by molar-refractivity contribution is 5.80. The van der Waals surface area contributed by atoms with Crippen LogP contribution in [0.25, 0.3) is 22.7 Å². The zero-order chi connectivity index (χ0) is 18.1. The summed E-state index contributed by atoms with van der Waals surface area (Å²) in [5.41, 5.74) is 4.69. The molecule has 7 heteroatoms. The summed E-state index contributed by atoms with van der Waals surface area (Å²) in [5.74, 6) is 1.35. The Hall–Kier alpha value is -3.35. The van der Waals surface area contributed by atoms with Crippen molar-refractivity contribution >= 4 is 11.1 Å². The summed E-state index contributed by atoms with van der Waals surface area (Å²) in [7, 11) is 0. The highest BCUT2D eigenvalue weighted by Crippen LogP contribution is 2.39. The Labute approximate surface area is 150 Å². The number of hydrogen-bond donors (Lipinski definition) is 1. The molecule has 1 fully saturated rings. The first-order valence-electron chi connectivity index (χ1n) is 8.34. The van der Waals surface area contributed by atoms with E-state index in [4.69, 9.17) is 4.42 Å². The lowest BCUT2D eigenvalue weighted by molar-refractivity contribution is 0.550. The van der Waals surface area contributed by atoms with Crippen LogP contribution in [0.2, 0.25) is 0 Å². The number of nitrogens with zero attached hydrogens (tertiary/aromatic N) is 5. The third-order valence-corrected chi connectivity index (χ3v) is 4.23. The van der Waals surface area contributed by atoms with Gasteiger partial charge in [-0.2, -0.15) is 5.10 Å². The summed E-state index contributed by atoms with van der Waals surface area (Å²) in [6.07, 6.45) is 9.39. The van der Waals surface area contributed by atoms with E-state index in [9.17, 15) is 0 Å². The van der Waals surface area contributed by atoms with Crippen LogP contribution in [0, 0.1) is 0 Å². The fourth-order valence-corrected chi connectivity index (χ4v) is 2.54. The summed E-state index contributed by atoms with van der Waals surface area (Å²) in [4.78, 5) is 8.94. The second-order valence-electron chi connectivity index (χ2n) is 6.32. The normalized spacial score (nSPS) is 14.4. The maximum atomic E-state index is 5.67. The van der Waals surface area contributed by atoms with Gasteiger partial charge in [0.2, 0.25) is 5.89 Å². The van der Waals surface area contributed by atoms with Gasteiger partial charge in [0.15, 0.2) is 0 Å². The van der Waals surface area contributed by atoms with Crippen LogP contribution in [0.3, 0.4) is 0 Å². The van der Waals surface area contributed by atoms with E-state index in [-0.39, 0.29) is 0 Å². The molecular formula is C19H18N6O. The number of hydrogen-bond acceptors (Lipinski definition) is 6. The predicted octanol–water partition coefficient (Wildman–Crippen LogP) is 3.80. The van der Waals surface area contributed by atoms with Crippen molar-refractivity contribution in [2.24, 2.45) is 0 Å². The molecule has 0 saturated heterocycles. The van der Waals surface area contributed by atoms with E-state index < -0.39 is 0 Å². The molecule has 1 N–H and O–H groups in total. The monoisotopic (exact) mass is 346 g/mol. The minimum absolute atomic E-state index is 0.387. The lowest BCUT2D eigenvalue weighted by Gasteiger charge is -2.07.